The summed E-state index contributed by atoms with van der Waals surface area (Å²) in [5.41, 5.74) is 0. The molecule has 0 spiro atoms. The Balaban J connectivity index is 3.76. The van der Waals surface area contributed by atoms with Gasteiger partial charge in [0, 0.05) is 11.9 Å². The highest BCUT2D eigenvalue weighted by Crippen LogP contribution is 2.07. The fourth-order valence-corrected chi connectivity index (χ4v) is 1.56. The molecule has 0 aromatic heterocycles. The fourth-order valence-electron chi connectivity index (χ4n) is 1.37. The van der Waals surface area contributed by atoms with Crippen LogP contribution in [-0.4, -0.2) is 17.8 Å². The number of alkyl halides is 1. The van der Waals surface area contributed by atoms with Crippen molar-refractivity contribution in [2.45, 2.75) is 38.1 Å². The van der Waals surface area contributed by atoms with Gasteiger partial charge in [-0.1, -0.05) is 25.5 Å². The Labute approximate surface area is 97.4 Å². The monoisotopic (exact) mass is 229 g/mol. The van der Waals surface area contributed by atoms with Gasteiger partial charge in [0.15, 0.2) is 0 Å². The van der Waals surface area contributed by atoms with Gasteiger partial charge < -0.3 is 5.32 Å². The first-order valence-corrected chi connectivity index (χ1v) is 5.87. The molecule has 1 N–H and O–H groups in total. The number of nitrogens with one attached hydrogen (secondary N) is 1. The second-order valence-corrected chi connectivity index (χ2v) is 3.85. The quantitative estimate of drug-likeness (QED) is 0.280. The number of carbonyl (C=O) groups is 1. The van der Waals surface area contributed by atoms with Crippen molar-refractivity contribution >= 4 is 17.5 Å². The summed E-state index contributed by atoms with van der Waals surface area (Å²) in [4.78, 5) is 11.1. The first-order valence-electron chi connectivity index (χ1n) is 5.34. The van der Waals surface area contributed by atoms with Crippen LogP contribution in [0.3, 0.4) is 0 Å². The van der Waals surface area contributed by atoms with E-state index < -0.39 is 0 Å². The molecule has 0 aliphatic rings. The lowest BCUT2D eigenvalue weighted by atomic mass is 10.1. The van der Waals surface area contributed by atoms with E-state index in [-0.39, 0.29) is 11.9 Å². The Kier molecular flexibility index (Phi) is 9.29. The van der Waals surface area contributed by atoms with Gasteiger partial charge in [-0.25, -0.2) is 0 Å². The molecule has 0 aliphatic carbocycles. The lowest BCUT2D eigenvalue weighted by Crippen LogP contribution is -2.33. The van der Waals surface area contributed by atoms with Gasteiger partial charge in [-0.15, -0.1) is 18.2 Å². The molecule has 0 fully saturated rings. The minimum Gasteiger partial charge on any atom is -0.350 e. The summed E-state index contributed by atoms with van der Waals surface area (Å²) >= 11 is 5.59. The Hall–Kier alpha value is -0.760. The van der Waals surface area contributed by atoms with Crippen LogP contribution in [0.25, 0.3) is 0 Å². The second kappa shape index (κ2) is 9.78. The van der Waals surface area contributed by atoms with Crippen LogP contribution < -0.4 is 5.32 Å². The van der Waals surface area contributed by atoms with Crippen molar-refractivity contribution in [3.63, 3.8) is 0 Å². The highest BCUT2D eigenvalue weighted by atomic mass is 35.5. The molecular formula is C12H20ClNO. The van der Waals surface area contributed by atoms with Gasteiger partial charge in [0.1, 0.15) is 0 Å². The van der Waals surface area contributed by atoms with E-state index in [0.29, 0.717) is 5.88 Å². The van der Waals surface area contributed by atoms with Gasteiger partial charge in [0.2, 0.25) is 5.91 Å². The predicted octanol–water partition coefficient (Wildman–Crippen LogP) is 3.03. The minimum absolute atomic E-state index is 0.112. The average molecular weight is 230 g/mol. The van der Waals surface area contributed by atoms with Crippen LogP contribution in [0, 0.1) is 0 Å². The fraction of sp³-hybridized carbons (Fsp3) is 0.583. The van der Waals surface area contributed by atoms with Crippen molar-refractivity contribution in [1.82, 2.24) is 5.32 Å². The number of amides is 1. The van der Waals surface area contributed by atoms with Crippen LogP contribution in [-0.2, 0) is 4.79 Å². The zero-order valence-corrected chi connectivity index (χ0v) is 9.93. The molecule has 15 heavy (non-hydrogen) atoms. The summed E-state index contributed by atoms with van der Waals surface area (Å²) < 4.78 is 0. The largest absolute Gasteiger partial charge is 0.350 e. The highest BCUT2D eigenvalue weighted by molar-refractivity contribution is 6.17. The summed E-state index contributed by atoms with van der Waals surface area (Å²) in [6.45, 7) is 7.11. The van der Waals surface area contributed by atoms with Crippen LogP contribution >= 0.6 is 11.6 Å². The standard InChI is InChI=1S/C12H20ClNO/c1-3-8-11(14-12(15)4-2)9-6-5-7-10-13/h3-4,11H,1-2,5-10H2,(H,14,15). The summed E-state index contributed by atoms with van der Waals surface area (Å²) in [5, 5.41) is 2.88. The lowest BCUT2D eigenvalue weighted by molar-refractivity contribution is -0.117. The Morgan fingerprint density at radius 3 is 2.60 bits per heavy atom. The third-order valence-corrected chi connectivity index (χ3v) is 2.44. The number of rotatable bonds is 9. The SMILES string of the molecule is C=CCC(CCCCCCl)NC(=O)C=C. The van der Waals surface area contributed by atoms with E-state index in [4.69, 9.17) is 11.6 Å². The van der Waals surface area contributed by atoms with Gasteiger partial charge in [-0.2, -0.15) is 0 Å². The van der Waals surface area contributed by atoms with E-state index >= 15 is 0 Å². The van der Waals surface area contributed by atoms with Gasteiger partial charge >= 0.3 is 0 Å². The lowest BCUT2D eigenvalue weighted by Gasteiger charge is -2.15. The summed E-state index contributed by atoms with van der Waals surface area (Å²) in [6.07, 6.45) is 8.15. The maximum Gasteiger partial charge on any atom is 0.243 e. The molecule has 0 radical (unpaired) electrons. The molecule has 0 heterocycles. The average Bonchev–Trinajstić information content (AvgIpc) is 2.24. The molecule has 86 valence electrons. The van der Waals surface area contributed by atoms with Gasteiger partial charge in [-0.3, -0.25) is 4.79 Å². The van der Waals surface area contributed by atoms with Crippen molar-refractivity contribution in [2.24, 2.45) is 0 Å². The molecule has 0 bridgehead atoms. The smallest absolute Gasteiger partial charge is 0.243 e. The topological polar surface area (TPSA) is 29.1 Å². The van der Waals surface area contributed by atoms with E-state index in [1.54, 1.807) is 0 Å². The molecule has 0 aromatic carbocycles. The molecule has 0 saturated carbocycles. The summed E-state index contributed by atoms with van der Waals surface area (Å²) in [5.74, 6) is 0.602. The maximum absolute atomic E-state index is 11.1. The molecule has 3 heteroatoms. The van der Waals surface area contributed by atoms with E-state index in [9.17, 15) is 4.79 Å². The number of hydrogen-bond acceptors (Lipinski definition) is 1. The number of halogens is 1. The molecule has 2 nitrogen and oxygen atoms in total. The molecule has 0 aliphatic heterocycles. The maximum atomic E-state index is 11.1. The molecule has 0 saturated heterocycles. The van der Waals surface area contributed by atoms with Crippen molar-refractivity contribution in [3.05, 3.63) is 25.3 Å². The first-order chi connectivity index (χ1) is 7.24. The summed E-state index contributed by atoms with van der Waals surface area (Å²) in [6, 6.07) is 0.184. The molecule has 1 unspecified atom stereocenters. The van der Waals surface area contributed by atoms with E-state index in [0.717, 1.165) is 32.1 Å². The third-order valence-electron chi connectivity index (χ3n) is 2.17. The van der Waals surface area contributed by atoms with Gasteiger partial charge in [0.25, 0.3) is 0 Å². The van der Waals surface area contributed by atoms with E-state index in [1.165, 1.54) is 6.08 Å². The Morgan fingerprint density at radius 2 is 2.07 bits per heavy atom. The van der Waals surface area contributed by atoms with Crippen molar-refractivity contribution in [2.75, 3.05) is 5.88 Å². The second-order valence-electron chi connectivity index (χ2n) is 3.47. The number of hydrogen-bond donors (Lipinski definition) is 1. The van der Waals surface area contributed by atoms with Crippen LogP contribution in [0.4, 0.5) is 0 Å². The predicted molar refractivity (Wildman–Crippen MR) is 66.1 cm³/mol. The third kappa shape index (κ3) is 8.25. The molecule has 0 aromatic rings. The zero-order chi connectivity index (χ0) is 11.5. The van der Waals surface area contributed by atoms with Crippen LogP contribution in [0.1, 0.15) is 32.1 Å². The Morgan fingerprint density at radius 1 is 1.33 bits per heavy atom. The Bertz CT molecular complexity index is 204. The van der Waals surface area contributed by atoms with Gasteiger partial charge in [0.05, 0.1) is 0 Å². The number of carbonyl (C=O) groups excluding carboxylic acids is 1. The molecule has 1 amide bonds. The van der Waals surface area contributed by atoms with E-state index in [2.05, 4.69) is 18.5 Å². The van der Waals surface area contributed by atoms with E-state index in [1.807, 2.05) is 6.08 Å². The highest BCUT2D eigenvalue weighted by Gasteiger charge is 2.07. The van der Waals surface area contributed by atoms with Gasteiger partial charge in [-0.05, 0) is 25.3 Å². The van der Waals surface area contributed by atoms with Crippen molar-refractivity contribution < 1.29 is 4.79 Å². The van der Waals surface area contributed by atoms with Crippen LogP contribution in [0.5, 0.6) is 0 Å². The van der Waals surface area contributed by atoms with Crippen molar-refractivity contribution in [3.8, 4) is 0 Å². The molecule has 0 rings (SSSR count). The minimum atomic E-state index is -0.112. The first kappa shape index (κ1) is 14.2. The summed E-state index contributed by atoms with van der Waals surface area (Å²) in [7, 11) is 0. The molecular weight excluding hydrogens is 210 g/mol. The number of unbranched alkanes of at least 4 members (excludes halogenated alkanes) is 2. The zero-order valence-electron chi connectivity index (χ0n) is 9.18. The van der Waals surface area contributed by atoms with Crippen LogP contribution in [0.2, 0.25) is 0 Å². The van der Waals surface area contributed by atoms with Crippen molar-refractivity contribution in [1.29, 1.82) is 0 Å². The normalized spacial score (nSPS) is 11.8. The molecule has 1 atom stereocenters. The van der Waals surface area contributed by atoms with Crippen LogP contribution in [0.15, 0.2) is 25.3 Å².